The van der Waals surface area contributed by atoms with E-state index in [4.69, 9.17) is 11.6 Å². The molecule has 21 heavy (non-hydrogen) atoms. The van der Waals surface area contributed by atoms with Crippen LogP contribution in [0.15, 0.2) is 30.6 Å². The topological polar surface area (TPSA) is 73.2 Å². The van der Waals surface area contributed by atoms with Crippen LogP contribution in [0.2, 0.25) is 4.34 Å². The van der Waals surface area contributed by atoms with E-state index in [-0.39, 0.29) is 12.5 Å². The largest absolute Gasteiger partial charge is 0.468 e. The van der Waals surface area contributed by atoms with E-state index in [0.717, 1.165) is 4.88 Å². The van der Waals surface area contributed by atoms with Gasteiger partial charge in [0, 0.05) is 17.2 Å². The standard InChI is InChI=1S/C13H12ClN3O3S/c1-20-13(19)8-17-7-9(6-15-17)16-12(18)5-3-10-2-4-11(14)21-10/h2-7H,8H2,1H3,(H,16,18)/b5-3+. The molecule has 2 aromatic rings. The highest BCUT2D eigenvalue weighted by atomic mass is 35.5. The van der Waals surface area contributed by atoms with Crippen molar-refractivity contribution < 1.29 is 14.3 Å². The summed E-state index contributed by atoms with van der Waals surface area (Å²) in [6, 6.07) is 3.59. The van der Waals surface area contributed by atoms with Gasteiger partial charge in [-0.25, -0.2) is 0 Å². The molecule has 6 nitrogen and oxygen atoms in total. The number of ether oxygens (including phenoxy) is 1. The molecule has 110 valence electrons. The molecule has 0 aliphatic carbocycles. The number of carbonyl (C=O) groups is 2. The van der Waals surface area contributed by atoms with E-state index in [1.54, 1.807) is 18.3 Å². The first-order chi connectivity index (χ1) is 10.1. The average Bonchev–Trinajstić information content (AvgIpc) is 3.05. The second kappa shape index (κ2) is 7.05. The van der Waals surface area contributed by atoms with Crippen LogP contribution < -0.4 is 5.32 Å². The van der Waals surface area contributed by atoms with Crippen LogP contribution in [-0.4, -0.2) is 28.8 Å². The molecule has 0 saturated carbocycles. The number of esters is 1. The Balaban J connectivity index is 1.90. The summed E-state index contributed by atoms with van der Waals surface area (Å²) in [6.45, 7) is -0.00406. The second-order valence-corrected chi connectivity index (χ2v) is 5.71. The molecular weight excluding hydrogens is 314 g/mol. The van der Waals surface area contributed by atoms with E-state index in [2.05, 4.69) is 15.2 Å². The number of amides is 1. The van der Waals surface area contributed by atoms with Crippen molar-refractivity contribution in [1.29, 1.82) is 0 Å². The number of hydrogen-bond donors (Lipinski definition) is 1. The zero-order valence-electron chi connectivity index (χ0n) is 11.1. The van der Waals surface area contributed by atoms with Crippen molar-refractivity contribution in [2.24, 2.45) is 0 Å². The number of nitrogens with zero attached hydrogens (tertiary/aromatic N) is 2. The molecule has 8 heteroatoms. The predicted molar refractivity (Wildman–Crippen MR) is 81.2 cm³/mol. The van der Waals surface area contributed by atoms with Gasteiger partial charge in [0.15, 0.2) is 0 Å². The predicted octanol–water partition coefficient (Wildman–Crippen LogP) is 2.42. The molecule has 0 atom stereocenters. The fraction of sp³-hybridized carbons (Fsp3) is 0.154. The lowest BCUT2D eigenvalue weighted by atomic mass is 10.4. The molecule has 0 unspecified atom stereocenters. The second-order valence-electron chi connectivity index (χ2n) is 3.97. The van der Waals surface area contributed by atoms with Crippen molar-refractivity contribution in [3.8, 4) is 0 Å². The van der Waals surface area contributed by atoms with Crippen LogP contribution in [0.4, 0.5) is 5.69 Å². The summed E-state index contributed by atoms with van der Waals surface area (Å²) in [5.74, 6) is -0.706. The third-order valence-electron chi connectivity index (χ3n) is 2.41. The van der Waals surface area contributed by atoms with Gasteiger partial charge in [0.1, 0.15) is 6.54 Å². The smallest absolute Gasteiger partial charge is 0.327 e. The molecule has 1 amide bonds. The van der Waals surface area contributed by atoms with Gasteiger partial charge in [-0.15, -0.1) is 11.3 Å². The molecule has 0 aromatic carbocycles. The van der Waals surface area contributed by atoms with E-state index in [9.17, 15) is 9.59 Å². The van der Waals surface area contributed by atoms with Crippen LogP contribution >= 0.6 is 22.9 Å². The van der Waals surface area contributed by atoms with Crippen molar-refractivity contribution in [3.63, 3.8) is 0 Å². The number of methoxy groups -OCH3 is 1. The van der Waals surface area contributed by atoms with Crippen LogP contribution in [0.3, 0.4) is 0 Å². The Labute approximate surface area is 130 Å². The summed E-state index contributed by atoms with van der Waals surface area (Å²) in [6.07, 6.45) is 6.08. The number of anilines is 1. The lowest BCUT2D eigenvalue weighted by Crippen LogP contribution is -2.11. The summed E-state index contributed by atoms with van der Waals surface area (Å²) in [5, 5.41) is 6.58. The zero-order chi connectivity index (χ0) is 15.2. The Morgan fingerprint density at radius 1 is 1.52 bits per heavy atom. The maximum Gasteiger partial charge on any atom is 0.327 e. The van der Waals surface area contributed by atoms with Crippen LogP contribution in [0.25, 0.3) is 6.08 Å². The number of carbonyl (C=O) groups excluding carboxylic acids is 2. The van der Waals surface area contributed by atoms with E-state index in [0.29, 0.717) is 10.0 Å². The molecule has 0 radical (unpaired) electrons. The molecule has 2 aromatic heterocycles. The van der Waals surface area contributed by atoms with Crippen LogP contribution in [0.5, 0.6) is 0 Å². The molecule has 0 aliphatic heterocycles. The van der Waals surface area contributed by atoms with E-state index >= 15 is 0 Å². The molecule has 0 aliphatic rings. The van der Waals surface area contributed by atoms with Crippen molar-refractivity contribution >= 4 is 46.6 Å². The van der Waals surface area contributed by atoms with E-state index < -0.39 is 5.97 Å². The minimum Gasteiger partial charge on any atom is -0.468 e. The van der Waals surface area contributed by atoms with Gasteiger partial charge in [0.05, 0.1) is 23.3 Å². The monoisotopic (exact) mass is 325 g/mol. The van der Waals surface area contributed by atoms with Crippen molar-refractivity contribution in [1.82, 2.24) is 9.78 Å². The summed E-state index contributed by atoms with van der Waals surface area (Å²) in [7, 11) is 1.30. The average molecular weight is 326 g/mol. The maximum absolute atomic E-state index is 11.7. The fourth-order valence-electron chi connectivity index (χ4n) is 1.47. The third kappa shape index (κ3) is 4.73. The number of nitrogens with one attached hydrogen (secondary N) is 1. The molecule has 0 bridgehead atoms. The molecule has 0 spiro atoms. The maximum atomic E-state index is 11.7. The highest BCUT2D eigenvalue weighted by molar-refractivity contribution is 7.17. The minimum absolute atomic E-state index is 0.00406. The third-order valence-corrected chi connectivity index (χ3v) is 3.61. The van der Waals surface area contributed by atoms with Gasteiger partial charge in [-0.3, -0.25) is 14.3 Å². The lowest BCUT2D eigenvalue weighted by molar-refractivity contribution is -0.141. The molecule has 2 rings (SSSR count). The SMILES string of the molecule is COC(=O)Cn1cc(NC(=O)/C=C/c2ccc(Cl)s2)cn1. The number of hydrogen-bond acceptors (Lipinski definition) is 5. The van der Waals surface area contributed by atoms with Gasteiger partial charge in [0.25, 0.3) is 0 Å². The van der Waals surface area contributed by atoms with Gasteiger partial charge in [0.2, 0.25) is 5.91 Å². The first-order valence-corrected chi connectivity index (χ1v) is 7.10. The normalized spacial score (nSPS) is 10.8. The highest BCUT2D eigenvalue weighted by Gasteiger charge is 2.05. The highest BCUT2D eigenvalue weighted by Crippen LogP contribution is 2.22. The number of rotatable bonds is 5. The molecule has 0 saturated heterocycles. The van der Waals surface area contributed by atoms with E-state index in [1.807, 2.05) is 6.07 Å². The molecule has 0 fully saturated rings. The van der Waals surface area contributed by atoms with Gasteiger partial charge in [-0.05, 0) is 18.2 Å². The number of halogens is 1. The molecule has 1 N–H and O–H groups in total. The molecule has 2 heterocycles. The quantitative estimate of drug-likeness (QED) is 0.677. The first kappa shape index (κ1) is 15.3. The van der Waals surface area contributed by atoms with Gasteiger partial charge in [-0.2, -0.15) is 5.10 Å². The number of aromatic nitrogens is 2. The van der Waals surface area contributed by atoms with E-state index in [1.165, 1.54) is 35.4 Å². The molecular formula is C13H12ClN3O3S. The van der Waals surface area contributed by atoms with Crippen LogP contribution in [0.1, 0.15) is 4.88 Å². The zero-order valence-corrected chi connectivity index (χ0v) is 12.6. The Morgan fingerprint density at radius 3 is 3.00 bits per heavy atom. The van der Waals surface area contributed by atoms with Crippen molar-refractivity contribution in [3.05, 3.63) is 39.8 Å². The lowest BCUT2D eigenvalue weighted by Gasteiger charge is -1.98. The first-order valence-electron chi connectivity index (χ1n) is 5.90. The Bertz CT molecular complexity index is 678. The van der Waals surface area contributed by atoms with Crippen LogP contribution in [-0.2, 0) is 20.9 Å². The van der Waals surface area contributed by atoms with Crippen molar-refractivity contribution in [2.75, 3.05) is 12.4 Å². The van der Waals surface area contributed by atoms with Crippen molar-refractivity contribution in [2.45, 2.75) is 6.54 Å². The van der Waals surface area contributed by atoms with Gasteiger partial charge < -0.3 is 10.1 Å². The summed E-state index contributed by atoms with van der Waals surface area (Å²) in [5.41, 5.74) is 0.498. The Morgan fingerprint density at radius 2 is 2.33 bits per heavy atom. The van der Waals surface area contributed by atoms with Gasteiger partial charge >= 0.3 is 5.97 Å². The van der Waals surface area contributed by atoms with Crippen LogP contribution in [0, 0.1) is 0 Å². The van der Waals surface area contributed by atoms with Gasteiger partial charge in [-0.1, -0.05) is 11.6 Å². The summed E-state index contributed by atoms with van der Waals surface area (Å²) in [4.78, 5) is 23.7. The fourth-order valence-corrected chi connectivity index (χ4v) is 2.43. The minimum atomic E-state index is -0.412. The summed E-state index contributed by atoms with van der Waals surface area (Å²) >= 11 is 7.18. The Kier molecular flexibility index (Phi) is 5.13. The number of thiophene rings is 1. The Hall–Kier alpha value is -2.12. The summed E-state index contributed by atoms with van der Waals surface area (Å²) < 4.78 is 6.57.